The Morgan fingerprint density at radius 2 is 1.25 bits per heavy atom. The summed E-state index contributed by atoms with van der Waals surface area (Å²) in [5.41, 5.74) is 4.64. The number of hydrogen-bond acceptors (Lipinski definition) is 3. The highest BCUT2D eigenvalue weighted by molar-refractivity contribution is 5.76. The van der Waals surface area contributed by atoms with E-state index in [-0.39, 0.29) is 5.41 Å². The fourth-order valence-corrected chi connectivity index (χ4v) is 2.84. The molecule has 1 aliphatic rings. The summed E-state index contributed by atoms with van der Waals surface area (Å²) in [6.07, 6.45) is 0. The molecular weight excluding hydrogens is 250 g/mol. The van der Waals surface area contributed by atoms with E-state index in [1.54, 1.807) is 14.2 Å². The Kier molecular flexibility index (Phi) is 2.85. The molecule has 2 aromatic carbocycles. The molecule has 3 rings (SSSR count). The fraction of sp³-hybridized carbons (Fsp3) is 0.294. The van der Waals surface area contributed by atoms with Crippen molar-refractivity contribution in [2.24, 2.45) is 0 Å². The Morgan fingerprint density at radius 1 is 0.800 bits per heavy atom. The minimum absolute atomic E-state index is 0.0982. The minimum atomic E-state index is -0.0982. The lowest BCUT2D eigenvalue weighted by Gasteiger charge is -2.36. The number of anilines is 2. The minimum Gasteiger partial charge on any atom is -0.497 e. The zero-order valence-electron chi connectivity index (χ0n) is 12.3. The topological polar surface area (TPSA) is 30.5 Å². The Morgan fingerprint density at radius 3 is 1.65 bits per heavy atom. The lowest BCUT2D eigenvalue weighted by atomic mass is 9.74. The summed E-state index contributed by atoms with van der Waals surface area (Å²) in [4.78, 5) is 0. The SMILES string of the molecule is COc1ccc2c(c1)C(C)(C)c1cc(OC)ccc1N2. The summed E-state index contributed by atoms with van der Waals surface area (Å²) in [5.74, 6) is 1.76. The first-order valence-corrected chi connectivity index (χ1v) is 6.70. The van der Waals surface area contributed by atoms with Gasteiger partial charge in [-0.3, -0.25) is 0 Å². The van der Waals surface area contributed by atoms with E-state index in [4.69, 9.17) is 9.47 Å². The van der Waals surface area contributed by atoms with Gasteiger partial charge in [0.2, 0.25) is 0 Å². The summed E-state index contributed by atoms with van der Waals surface area (Å²) in [6.45, 7) is 4.45. The number of ether oxygens (including phenoxy) is 2. The van der Waals surface area contributed by atoms with Gasteiger partial charge in [-0.1, -0.05) is 13.8 Å². The molecule has 2 aromatic rings. The van der Waals surface area contributed by atoms with Gasteiger partial charge in [0.1, 0.15) is 11.5 Å². The van der Waals surface area contributed by atoms with Crippen molar-refractivity contribution in [3.63, 3.8) is 0 Å². The van der Waals surface area contributed by atoms with Crippen LogP contribution in [0.1, 0.15) is 25.0 Å². The molecule has 0 aliphatic carbocycles. The maximum Gasteiger partial charge on any atom is 0.119 e. The van der Waals surface area contributed by atoms with E-state index in [1.807, 2.05) is 12.1 Å². The molecule has 0 unspecified atom stereocenters. The highest BCUT2D eigenvalue weighted by Gasteiger charge is 2.33. The number of nitrogens with one attached hydrogen (secondary N) is 1. The highest BCUT2D eigenvalue weighted by Crippen LogP contribution is 2.47. The predicted molar refractivity (Wildman–Crippen MR) is 81.4 cm³/mol. The third kappa shape index (κ3) is 1.82. The van der Waals surface area contributed by atoms with Crippen molar-refractivity contribution in [1.29, 1.82) is 0 Å². The fourth-order valence-electron chi connectivity index (χ4n) is 2.84. The summed E-state index contributed by atoms with van der Waals surface area (Å²) < 4.78 is 10.7. The molecule has 3 heteroatoms. The van der Waals surface area contributed by atoms with Crippen molar-refractivity contribution in [1.82, 2.24) is 0 Å². The van der Waals surface area contributed by atoms with Gasteiger partial charge in [0.25, 0.3) is 0 Å². The third-order valence-corrected chi connectivity index (χ3v) is 4.07. The molecule has 0 saturated heterocycles. The molecule has 0 aromatic heterocycles. The smallest absolute Gasteiger partial charge is 0.119 e. The number of methoxy groups -OCH3 is 2. The molecule has 0 radical (unpaired) electrons. The molecule has 0 saturated carbocycles. The zero-order chi connectivity index (χ0) is 14.3. The molecule has 104 valence electrons. The average Bonchev–Trinajstić information content (AvgIpc) is 2.47. The molecule has 1 heterocycles. The molecule has 20 heavy (non-hydrogen) atoms. The summed E-state index contributed by atoms with van der Waals surface area (Å²) >= 11 is 0. The lowest BCUT2D eigenvalue weighted by Crippen LogP contribution is -2.26. The number of hydrogen-bond donors (Lipinski definition) is 1. The molecule has 3 nitrogen and oxygen atoms in total. The number of fused-ring (bicyclic) bond motifs is 2. The van der Waals surface area contributed by atoms with E-state index < -0.39 is 0 Å². The quantitative estimate of drug-likeness (QED) is 0.890. The van der Waals surface area contributed by atoms with Crippen molar-refractivity contribution in [2.75, 3.05) is 19.5 Å². The molecule has 0 amide bonds. The monoisotopic (exact) mass is 269 g/mol. The molecule has 0 atom stereocenters. The van der Waals surface area contributed by atoms with Crippen LogP contribution in [-0.4, -0.2) is 14.2 Å². The maximum absolute atomic E-state index is 5.35. The number of benzene rings is 2. The van der Waals surface area contributed by atoms with Crippen molar-refractivity contribution in [3.05, 3.63) is 47.5 Å². The van der Waals surface area contributed by atoms with Crippen LogP contribution in [0, 0.1) is 0 Å². The van der Waals surface area contributed by atoms with Crippen molar-refractivity contribution < 1.29 is 9.47 Å². The van der Waals surface area contributed by atoms with E-state index in [2.05, 4.69) is 43.4 Å². The largest absolute Gasteiger partial charge is 0.497 e. The molecule has 1 aliphatic heterocycles. The van der Waals surface area contributed by atoms with Crippen LogP contribution in [0.25, 0.3) is 0 Å². The first kappa shape index (κ1) is 12.9. The number of rotatable bonds is 2. The first-order chi connectivity index (χ1) is 9.56. The summed E-state index contributed by atoms with van der Waals surface area (Å²) in [5, 5.41) is 3.49. The van der Waals surface area contributed by atoms with Gasteiger partial charge < -0.3 is 14.8 Å². The average molecular weight is 269 g/mol. The van der Waals surface area contributed by atoms with Gasteiger partial charge >= 0.3 is 0 Å². The Hall–Kier alpha value is -2.16. The van der Waals surface area contributed by atoms with Gasteiger partial charge in [-0.15, -0.1) is 0 Å². The van der Waals surface area contributed by atoms with Crippen LogP contribution in [0.4, 0.5) is 11.4 Å². The second-order valence-corrected chi connectivity index (χ2v) is 5.57. The van der Waals surface area contributed by atoms with Crippen LogP contribution < -0.4 is 14.8 Å². The predicted octanol–water partition coefficient (Wildman–Crippen LogP) is 4.09. The van der Waals surface area contributed by atoms with Crippen LogP contribution in [0.3, 0.4) is 0 Å². The van der Waals surface area contributed by atoms with Crippen LogP contribution in [0.15, 0.2) is 36.4 Å². The molecule has 1 N–H and O–H groups in total. The van der Waals surface area contributed by atoms with Crippen molar-refractivity contribution >= 4 is 11.4 Å². The van der Waals surface area contributed by atoms with E-state index in [9.17, 15) is 0 Å². The van der Waals surface area contributed by atoms with Gasteiger partial charge in [-0.05, 0) is 47.5 Å². The van der Waals surface area contributed by atoms with Gasteiger partial charge in [0, 0.05) is 16.8 Å². The van der Waals surface area contributed by atoms with Gasteiger partial charge in [-0.2, -0.15) is 0 Å². The summed E-state index contributed by atoms with van der Waals surface area (Å²) in [6, 6.07) is 12.3. The van der Waals surface area contributed by atoms with E-state index >= 15 is 0 Å². The molecule has 0 spiro atoms. The normalized spacial score (nSPS) is 14.8. The van der Waals surface area contributed by atoms with Gasteiger partial charge in [0.15, 0.2) is 0 Å². The standard InChI is InChI=1S/C17H19NO2/c1-17(2)13-9-11(19-3)5-7-15(13)18-16-8-6-12(20-4)10-14(16)17/h5-10,18H,1-4H3. The van der Waals surface area contributed by atoms with Crippen LogP contribution in [0.5, 0.6) is 11.5 Å². The zero-order valence-corrected chi connectivity index (χ0v) is 12.3. The second-order valence-electron chi connectivity index (χ2n) is 5.57. The van der Waals surface area contributed by atoms with E-state index in [0.29, 0.717) is 0 Å². The Balaban J connectivity index is 2.19. The van der Waals surface area contributed by atoms with Crippen LogP contribution in [0.2, 0.25) is 0 Å². The first-order valence-electron chi connectivity index (χ1n) is 6.70. The molecule has 0 bridgehead atoms. The Bertz CT molecular complexity index is 607. The maximum atomic E-state index is 5.35. The lowest BCUT2D eigenvalue weighted by molar-refractivity contribution is 0.411. The van der Waals surface area contributed by atoms with Crippen molar-refractivity contribution in [3.8, 4) is 11.5 Å². The van der Waals surface area contributed by atoms with Crippen LogP contribution in [-0.2, 0) is 5.41 Å². The van der Waals surface area contributed by atoms with E-state index in [0.717, 1.165) is 22.9 Å². The van der Waals surface area contributed by atoms with E-state index in [1.165, 1.54) is 11.1 Å². The molecule has 0 fully saturated rings. The Labute approximate surface area is 119 Å². The molecular formula is C17H19NO2. The van der Waals surface area contributed by atoms with Crippen LogP contribution >= 0.6 is 0 Å². The van der Waals surface area contributed by atoms with Gasteiger partial charge in [-0.25, -0.2) is 0 Å². The highest BCUT2D eigenvalue weighted by atomic mass is 16.5. The summed E-state index contributed by atoms with van der Waals surface area (Å²) in [7, 11) is 3.39. The van der Waals surface area contributed by atoms with Crippen molar-refractivity contribution in [2.45, 2.75) is 19.3 Å². The van der Waals surface area contributed by atoms with Gasteiger partial charge in [0.05, 0.1) is 14.2 Å². The second kappa shape index (κ2) is 4.44. The third-order valence-electron chi connectivity index (χ3n) is 4.07.